The van der Waals surface area contributed by atoms with E-state index in [0.717, 1.165) is 17.0 Å². The van der Waals surface area contributed by atoms with Gasteiger partial charge < -0.3 is 9.67 Å². The summed E-state index contributed by atoms with van der Waals surface area (Å²) in [6.45, 7) is -1.23. The Morgan fingerprint density at radius 3 is 2.76 bits per heavy atom. The van der Waals surface area contributed by atoms with Crippen molar-refractivity contribution in [1.29, 1.82) is 0 Å². The van der Waals surface area contributed by atoms with E-state index in [0.29, 0.717) is 11.8 Å². The largest absolute Gasteiger partial charge is 0.481 e. The fourth-order valence-corrected chi connectivity index (χ4v) is 1.66. The topological polar surface area (TPSA) is 55.1 Å². The van der Waals surface area contributed by atoms with Crippen LogP contribution in [0, 0.1) is 0 Å². The first-order chi connectivity index (χ1) is 7.83. The number of alkyl halides is 4. The third-order valence-electron chi connectivity index (χ3n) is 1.70. The van der Waals surface area contributed by atoms with Crippen LogP contribution in [0.25, 0.3) is 0 Å². The van der Waals surface area contributed by atoms with Gasteiger partial charge in [0.15, 0.2) is 5.16 Å². The molecule has 0 unspecified atom stereocenters. The zero-order chi connectivity index (χ0) is 13.1. The molecule has 0 fully saturated rings. The summed E-state index contributed by atoms with van der Waals surface area (Å²) in [5.74, 6) is -5.69. The molecule has 0 aliphatic rings. The van der Waals surface area contributed by atoms with E-state index in [-0.39, 0.29) is 10.9 Å². The average Bonchev–Trinajstić information content (AvgIpc) is 2.61. The number of rotatable bonds is 6. The maximum Gasteiger partial charge on any atom is 0.324 e. The van der Waals surface area contributed by atoms with Crippen LogP contribution < -0.4 is 0 Å². The Balaban J connectivity index is 2.72. The first kappa shape index (κ1) is 13.8. The summed E-state index contributed by atoms with van der Waals surface area (Å²) < 4.78 is 50.3. The highest BCUT2D eigenvalue weighted by atomic mass is 32.2. The van der Waals surface area contributed by atoms with Crippen LogP contribution in [0.1, 0.15) is 0 Å². The number of aromatic nitrogens is 2. The number of hydrogen-bond acceptors (Lipinski definition) is 3. The van der Waals surface area contributed by atoms with E-state index in [2.05, 4.69) is 4.98 Å². The molecule has 17 heavy (non-hydrogen) atoms. The number of imidazole rings is 1. The molecule has 4 nitrogen and oxygen atoms in total. The highest BCUT2D eigenvalue weighted by molar-refractivity contribution is 7.99. The van der Waals surface area contributed by atoms with Gasteiger partial charge in [-0.1, -0.05) is 11.8 Å². The monoisotopic (exact) mass is 272 g/mol. The van der Waals surface area contributed by atoms with Crippen molar-refractivity contribution in [3.8, 4) is 0 Å². The SMILES string of the molecule is O=C(O)CSc1nccn1CC(F)(F)C(F)F. The van der Waals surface area contributed by atoms with Crippen molar-refractivity contribution in [1.82, 2.24) is 9.55 Å². The number of thioether (sulfide) groups is 1. The molecule has 9 heteroatoms. The van der Waals surface area contributed by atoms with Crippen molar-refractivity contribution in [3.63, 3.8) is 0 Å². The number of halogens is 4. The number of carbonyl (C=O) groups is 1. The van der Waals surface area contributed by atoms with Gasteiger partial charge in [-0.2, -0.15) is 8.78 Å². The summed E-state index contributed by atoms with van der Waals surface area (Å²) in [6.07, 6.45) is -1.53. The van der Waals surface area contributed by atoms with Gasteiger partial charge in [-0.3, -0.25) is 4.79 Å². The van der Waals surface area contributed by atoms with Gasteiger partial charge >= 0.3 is 18.3 Å². The molecule has 96 valence electrons. The summed E-state index contributed by atoms with van der Waals surface area (Å²) in [4.78, 5) is 13.9. The molecule has 0 bridgehead atoms. The Morgan fingerprint density at radius 1 is 1.59 bits per heavy atom. The van der Waals surface area contributed by atoms with Crippen LogP contribution >= 0.6 is 11.8 Å². The lowest BCUT2D eigenvalue weighted by atomic mass is 10.3. The highest BCUT2D eigenvalue weighted by Gasteiger charge is 2.41. The van der Waals surface area contributed by atoms with Crippen molar-refractivity contribution in [3.05, 3.63) is 12.4 Å². The second kappa shape index (κ2) is 5.39. The predicted octanol–water partition coefficient (Wildman–Crippen LogP) is 1.96. The summed E-state index contributed by atoms with van der Waals surface area (Å²) in [5, 5.41) is 8.36. The summed E-state index contributed by atoms with van der Waals surface area (Å²) in [6, 6.07) is 0. The van der Waals surface area contributed by atoms with Crippen LogP contribution in [0.2, 0.25) is 0 Å². The van der Waals surface area contributed by atoms with Crippen LogP contribution in [0.15, 0.2) is 17.6 Å². The lowest BCUT2D eigenvalue weighted by Gasteiger charge is -2.16. The molecule has 1 aromatic heterocycles. The molecule has 0 spiro atoms. The second-order valence-corrected chi connectivity index (χ2v) is 4.02. The minimum atomic E-state index is -4.17. The third-order valence-corrected chi connectivity index (χ3v) is 2.69. The molecular weight excluding hydrogens is 264 g/mol. The van der Waals surface area contributed by atoms with Crippen molar-refractivity contribution in [2.45, 2.75) is 24.0 Å². The molecular formula is C8H8F4N2O2S. The van der Waals surface area contributed by atoms with E-state index >= 15 is 0 Å². The quantitative estimate of drug-likeness (QED) is 0.635. The summed E-state index contributed by atoms with van der Waals surface area (Å²) in [7, 11) is 0. The zero-order valence-electron chi connectivity index (χ0n) is 8.32. The van der Waals surface area contributed by atoms with Crippen LogP contribution in [0.4, 0.5) is 17.6 Å². The standard InChI is InChI=1S/C8H8F4N2O2S/c9-6(10)8(11,12)4-14-2-1-13-7(14)17-3-5(15)16/h1-2,6H,3-4H2,(H,15,16). The molecule has 1 aromatic rings. The number of carboxylic acids is 1. The Bertz CT molecular complexity index is 397. The maximum absolute atomic E-state index is 12.8. The molecule has 0 aliphatic carbocycles. The first-order valence-electron chi connectivity index (χ1n) is 4.34. The second-order valence-electron chi connectivity index (χ2n) is 3.08. The smallest absolute Gasteiger partial charge is 0.324 e. The predicted molar refractivity (Wildman–Crippen MR) is 51.5 cm³/mol. The summed E-state index contributed by atoms with van der Waals surface area (Å²) >= 11 is 0.688. The molecule has 1 N–H and O–H groups in total. The van der Waals surface area contributed by atoms with Crippen LogP contribution in [0.3, 0.4) is 0 Å². The fraction of sp³-hybridized carbons (Fsp3) is 0.500. The third kappa shape index (κ3) is 3.91. The van der Waals surface area contributed by atoms with Crippen LogP contribution in [-0.4, -0.2) is 38.7 Å². The average molecular weight is 272 g/mol. The molecule has 0 atom stereocenters. The lowest BCUT2D eigenvalue weighted by Crippen LogP contribution is -2.32. The molecule has 0 aromatic carbocycles. The maximum atomic E-state index is 12.8. The molecule has 1 heterocycles. The minimum Gasteiger partial charge on any atom is -0.481 e. The fourth-order valence-electron chi connectivity index (χ4n) is 0.978. The van der Waals surface area contributed by atoms with Gasteiger partial charge in [-0.15, -0.1) is 0 Å². The van der Waals surface area contributed by atoms with Gasteiger partial charge in [-0.05, 0) is 0 Å². The van der Waals surface area contributed by atoms with Gasteiger partial charge in [0.2, 0.25) is 0 Å². The van der Waals surface area contributed by atoms with E-state index in [9.17, 15) is 22.4 Å². The van der Waals surface area contributed by atoms with Gasteiger partial charge in [-0.25, -0.2) is 13.8 Å². The molecule has 0 aliphatic heterocycles. The van der Waals surface area contributed by atoms with Crippen molar-refractivity contribution < 1.29 is 27.5 Å². The number of carboxylic acid groups (broad SMARTS) is 1. The molecule has 0 saturated carbocycles. The van der Waals surface area contributed by atoms with E-state index in [1.807, 2.05) is 0 Å². The van der Waals surface area contributed by atoms with E-state index < -0.39 is 24.9 Å². The van der Waals surface area contributed by atoms with E-state index in [1.165, 1.54) is 0 Å². The molecule has 0 saturated heterocycles. The van der Waals surface area contributed by atoms with Gasteiger partial charge in [0, 0.05) is 12.4 Å². The number of hydrogen-bond donors (Lipinski definition) is 1. The summed E-state index contributed by atoms with van der Waals surface area (Å²) in [5.41, 5.74) is 0. The van der Waals surface area contributed by atoms with Crippen LogP contribution in [0.5, 0.6) is 0 Å². The number of nitrogens with zero attached hydrogens (tertiary/aromatic N) is 2. The Labute approximate surface area is 97.6 Å². The van der Waals surface area contributed by atoms with Crippen LogP contribution in [-0.2, 0) is 11.3 Å². The molecule has 0 radical (unpaired) electrons. The Hall–Kier alpha value is -1.25. The molecule has 0 amide bonds. The zero-order valence-corrected chi connectivity index (χ0v) is 9.13. The van der Waals surface area contributed by atoms with Gasteiger partial charge in [0.05, 0.1) is 12.3 Å². The highest BCUT2D eigenvalue weighted by Crippen LogP contribution is 2.27. The Kier molecular flexibility index (Phi) is 4.38. The first-order valence-corrected chi connectivity index (χ1v) is 5.33. The Morgan fingerprint density at radius 2 is 2.24 bits per heavy atom. The van der Waals surface area contributed by atoms with Crippen molar-refractivity contribution >= 4 is 17.7 Å². The van der Waals surface area contributed by atoms with E-state index in [1.54, 1.807) is 0 Å². The van der Waals surface area contributed by atoms with Gasteiger partial charge in [0.25, 0.3) is 0 Å². The van der Waals surface area contributed by atoms with E-state index in [4.69, 9.17) is 5.11 Å². The molecule has 1 rings (SSSR count). The van der Waals surface area contributed by atoms with Crippen molar-refractivity contribution in [2.75, 3.05) is 5.75 Å². The normalized spacial score (nSPS) is 12.1. The van der Waals surface area contributed by atoms with Crippen molar-refractivity contribution in [2.24, 2.45) is 0 Å². The number of aliphatic carboxylic acids is 1. The lowest BCUT2D eigenvalue weighted by molar-refractivity contribution is -0.138. The minimum absolute atomic E-state index is 0.0345. The van der Waals surface area contributed by atoms with Gasteiger partial charge in [0.1, 0.15) is 0 Å².